The number of esters is 2. The van der Waals surface area contributed by atoms with Gasteiger partial charge in [0.25, 0.3) is 0 Å². The van der Waals surface area contributed by atoms with Gasteiger partial charge in [-0.3, -0.25) is 14.5 Å². The highest BCUT2D eigenvalue weighted by Gasteiger charge is 2.31. The zero-order valence-electron chi connectivity index (χ0n) is 24.7. The monoisotopic (exact) mass is 615 g/mol. The first kappa shape index (κ1) is 34.0. The maximum absolute atomic E-state index is 13.3. The molecule has 0 aliphatic carbocycles. The van der Waals surface area contributed by atoms with Crippen molar-refractivity contribution in [3.63, 3.8) is 0 Å². The maximum atomic E-state index is 13.3. The molecule has 0 atom stereocenters. The van der Waals surface area contributed by atoms with Crippen LogP contribution >= 0.6 is 0 Å². The summed E-state index contributed by atoms with van der Waals surface area (Å²) < 4.78 is 57.6. The predicted molar refractivity (Wildman–Crippen MR) is 158 cm³/mol. The molecule has 11 heteroatoms. The number of alkyl halides is 3. The maximum Gasteiger partial charge on any atom is 0.573 e. The van der Waals surface area contributed by atoms with Crippen molar-refractivity contribution in [1.82, 2.24) is 0 Å². The summed E-state index contributed by atoms with van der Waals surface area (Å²) in [4.78, 5) is 37.9. The molecule has 0 aliphatic rings. The number of hydrogen-bond donors (Lipinski definition) is 0. The van der Waals surface area contributed by atoms with E-state index in [0.717, 1.165) is 31.9 Å². The fraction of sp³-hybridized carbons (Fsp3) is 0.364. The first-order chi connectivity index (χ1) is 21.1. The zero-order valence-corrected chi connectivity index (χ0v) is 24.7. The average Bonchev–Trinajstić information content (AvgIpc) is 3.00. The minimum absolute atomic E-state index is 0.196. The largest absolute Gasteiger partial charge is 0.573 e. The third kappa shape index (κ3) is 11.3. The van der Waals surface area contributed by atoms with Crippen molar-refractivity contribution in [2.45, 2.75) is 51.8 Å². The smallest absolute Gasteiger partial charge is 0.491 e. The Morgan fingerprint density at radius 1 is 0.795 bits per heavy atom. The first-order valence-corrected chi connectivity index (χ1v) is 14.3. The highest BCUT2D eigenvalue weighted by molar-refractivity contribution is 6.38. The topological polar surface area (TPSA) is 91.4 Å². The second-order valence-electron chi connectivity index (χ2n) is 9.89. The highest BCUT2D eigenvalue weighted by atomic mass is 19.4. The van der Waals surface area contributed by atoms with E-state index in [2.05, 4.69) is 4.74 Å². The Morgan fingerprint density at radius 3 is 2.14 bits per heavy atom. The van der Waals surface area contributed by atoms with Gasteiger partial charge in [0, 0.05) is 13.5 Å². The molecule has 1 amide bonds. The molecular weight excluding hydrogens is 579 g/mol. The summed E-state index contributed by atoms with van der Waals surface area (Å²) in [5.41, 5.74) is 2.62. The molecule has 3 aromatic carbocycles. The average molecular weight is 616 g/mol. The summed E-state index contributed by atoms with van der Waals surface area (Å²) in [7, 11) is 1.13. The molecule has 8 nitrogen and oxygen atoms in total. The van der Waals surface area contributed by atoms with E-state index in [1.54, 1.807) is 18.2 Å². The van der Waals surface area contributed by atoms with Crippen LogP contribution < -0.4 is 14.4 Å². The van der Waals surface area contributed by atoms with Gasteiger partial charge in [0.2, 0.25) is 0 Å². The molecule has 44 heavy (non-hydrogen) atoms. The molecule has 3 rings (SSSR count). The lowest BCUT2D eigenvalue weighted by atomic mass is 10.0. The lowest BCUT2D eigenvalue weighted by molar-refractivity contribution is -0.274. The van der Waals surface area contributed by atoms with Crippen molar-refractivity contribution >= 4 is 23.5 Å². The zero-order chi connectivity index (χ0) is 32.0. The van der Waals surface area contributed by atoms with Crippen molar-refractivity contribution in [1.29, 1.82) is 0 Å². The predicted octanol–water partition coefficient (Wildman–Crippen LogP) is 6.89. The number of halogens is 3. The number of anilines is 1. The number of hydrogen-bond acceptors (Lipinski definition) is 7. The van der Waals surface area contributed by atoms with Gasteiger partial charge in [0.05, 0.1) is 26.0 Å². The standard InChI is InChI=1S/C33H36F3NO7/c1-24(38)42-21-9-4-10-22-43-30-19-16-27(26-14-17-28(18-15-26)44-33(34,35)36)23-29(30)37(31(39)32(40)41-2)20-8-7-13-25-11-5-3-6-12-25/h3,5-6,11-12,14-19,23H,4,7-10,13,20-22H2,1-2H3. The first-order valence-electron chi connectivity index (χ1n) is 14.3. The fourth-order valence-electron chi connectivity index (χ4n) is 4.43. The molecule has 0 aromatic heterocycles. The Balaban J connectivity index is 1.85. The molecule has 0 N–H and O–H groups in total. The van der Waals surface area contributed by atoms with Crippen LogP contribution in [0.2, 0.25) is 0 Å². The molecule has 0 saturated heterocycles. The van der Waals surface area contributed by atoms with Crippen LogP contribution in [0.1, 0.15) is 44.6 Å². The van der Waals surface area contributed by atoms with Gasteiger partial charge in [-0.05, 0) is 79.5 Å². The van der Waals surface area contributed by atoms with E-state index in [1.165, 1.54) is 36.1 Å². The number of benzene rings is 3. The lowest BCUT2D eigenvalue weighted by Gasteiger charge is -2.25. The van der Waals surface area contributed by atoms with Gasteiger partial charge in [-0.2, -0.15) is 0 Å². The van der Waals surface area contributed by atoms with E-state index in [0.29, 0.717) is 55.0 Å². The van der Waals surface area contributed by atoms with Gasteiger partial charge >= 0.3 is 24.2 Å². The van der Waals surface area contributed by atoms with Gasteiger partial charge in [0.15, 0.2) is 0 Å². The second kappa shape index (κ2) is 16.9. The number of amides is 1. The summed E-state index contributed by atoms with van der Waals surface area (Å²) in [5, 5.41) is 0. The third-order valence-corrected chi connectivity index (χ3v) is 6.57. The van der Waals surface area contributed by atoms with Gasteiger partial charge in [-0.15, -0.1) is 13.2 Å². The van der Waals surface area contributed by atoms with Crippen LogP contribution in [0.15, 0.2) is 72.8 Å². The third-order valence-electron chi connectivity index (χ3n) is 6.57. The number of aryl methyl sites for hydroxylation is 1. The van der Waals surface area contributed by atoms with Crippen LogP contribution in [0, 0.1) is 0 Å². The van der Waals surface area contributed by atoms with Crippen LogP contribution in [-0.2, 0) is 30.3 Å². The second-order valence-corrected chi connectivity index (χ2v) is 9.89. The van der Waals surface area contributed by atoms with E-state index in [1.807, 2.05) is 30.3 Å². The quantitative estimate of drug-likeness (QED) is 0.104. The van der Waals surface area contributed by atoms with Gasteiger partial charge in [-0.25, -0.2) is 4.79 Å². The minimum Gasteiger partial charge on any atom is -0.491 e. The molecule has 0 radical (unpaired) electrons. The Morgan fingerprint density at radius 2 is 1.48 bits per heavy atom. The molecule has 0 heterocycles. The Bertz CT molecular complexity index is 1360. The number of methoxy groups -OCH3 is 1. The molecule has 236 valence electrons. The number of rotatable bonds is 15. The lowest BCUT2D eigenvalue weighted by Crippen LogP contribution is -2.38. The van der Waals surface area contributed by atoms with Gasteiger partial charge < -0.3 is 18.9 Å². The number of carbonyl (C=O) groups is 3. The molecule has 3 aromatic rings. The molecule has 0 spiro atoms. The number of ether oxygens (including phenoxy) is 4. The van der Waals surface area contributed by atoms with Crippen molar-refractivity contribution in [2.24, 2.45) is 0 Å². The van der Waals surface area contributed by atoms with Crippen LogP contribution in [0.4, 0.5) is 18.9 Å². The summed E-state index contributed by atoms with van der Waals surface area (Å²) in [6, 6.07) is 20.2. The van der Waals surface area contributed by atoms with Crippen molar-refractivity contribution in [3.8, 4) is 22.6 Å². The number of unbranched alkanes of at least 4 members (excludes halogenated alkanes) is 3. The van der Waals surface area contributed by atoms with Crippen LogP contribution in [-0.4, -0.2) is 51.1 Å². The molecule has 0 fully saturated rings. The highest BCUT2D eigenvalue weighted by Crippen LogP contribution is 2.35. The van der Waals surface area contributed by atoms with E-state index in [-0.39, 0.29) is 18.3 Å². The molecule has 0 saturated carbocycles. The van der Waals surface area contributed by atoms with Crippen molar-refractivity contribution in [3.05, 3.63) is 78.4 Å². The number of nitrogens with zero attached hydrogens (tertiary/aromatic N) is 1. The van der Waals surface area contributed by atoms with Crippen LogP contribution in [0.5, 0.6) is 11.5 Å². The summed E-state index contributed by atoms with van der Waals surface area (Å²) in [5.74, 6) is -2.26. The van der Waals surface area contributed by atoms with E-state index in [9.17, 15) is 27.6 Å². The van der Waals surface area contributed by atoms with E-state index < -0.39 is 18.2 Å². The van der Waals surface area contributed by atoms with E-state index in [4.69, 9.17) is 14.2 Å². The van der Waals surface area contributed by atoms with Crippen molar-refractivity contribution in [2.75, 3.05) is 31.8 Å². The van der Waals surface area contributed by atoms with E-state index >= 15 is 0 Å². The summed E-state index contributed by atoms with van der Waals surface area (Å²) >= 11 is 0. The summed E-state index contributed by atoms with van der Waals surface area (Å²) in [6.45, 7) is 2.15. The minimum atomic E-state index is -4.82. The van der Waals surface area contributed by atoms with Crippen LogP contribution in [0.25, 0.3) is 11.1 Å². The molecule has 0 aliphatic heterocycles. The number of carbonyl (C=O) groups excluding carboxylic acids is 3. The Hall–Kier alpha value is -4.54. The van der Waals surface area contributed by atoms with Crippen molar-refractivity contribution < 1.29 is 46.5 Å². The molecule has 0 unspecified atom stereocenters. The SMILES string of the molecule is COC(=O)C(=O)N(CCCCc1ccccc1)c1cc(-c2ccc(OC(F)(F)F)cc2)ccc1OCCCCCOC(C)=O. The molecular formula is C33H36F3NO7. The van der Waals surface area contributed by atoms with Crippen LogP contribution in [0.3, 0.4) is 0 Å². The normalized spacial score (nSPS) is 11.0. The van der Waals surface area contributed by atoms with Gasteiger partial charge in [-0.1, -0.05) is 48.5 Å². The molecule has 0 bridgehead atoms. The summed E-state index contributed by atoms with van der Waals surface area (Å²) in [6.07, 6.45) is -0.679. The Kier molecular flexibility index (Phi) is 13.1. The van der Waals surface area contributed by atoms with Gasteiger partial charge in [0.1, 0.15) is 11.5 Å². The fourth-order valence-corrected chi connectivity index (χ4v) is 4.43. The Labute approximate surface area is 254 Å².